The van der Waals surface area contributed by atoms with Gasteiger partial charge in [0.25, 0.3) is 0 Å². The number of anilines is 1. The molecular weight excluding hydrogens is 294 g/mol. The molecule has 0 unspecified atom stereocenters. The van der Waals surface area contributed by atoms with Gasteiger partial charge in [-0.1, -0.05) is 44.5 Å². The fraction of sp³-hybridized carbons (Fsp3) is 0.368. The van der Waals surface area contributed by atoms with Crippen molar-refractivity contribution in [1.82, 2.24) is 0 Å². The number of rotatable bonds is 7. The summed E-state index contributed by atoms with van der Waals surface area (Å²) in [7, 11) is 0. The number of nitrogens with one attached hydrogen (secondary N) is 1. The Morgan fingerprint density at radius 2 is 1.64 bits per heavy atom. The highest BCUT2D eigenvalue weighted by Crippen LogP contribution is 2.28. The van der Waals surface area contributed by atoms with Crippen molar-refractivity contribution in [3.05, 3.63) is 59.1 Å². The number of ether oxygens (including phenoxy) is 1. The van der Waals surface area contributed by atoms with Gasteiger partial charge in [0.1, 0.15) is 12.4 Å². The molecule has 118 valence electrons. The summed E-state index contributed by atoms with van der Waals surface area (Å²) in [6.07, 6.45) is 1.12. The molecule has 0 aliphatic heterocycles. The number of benzene rings is 2. The minimum Gasteiger partial charge on any atom is -0.492 e. The summed E-state index contributed by atoms with van der Waals surface area (Å²) >= 11 is 5.86. The van der Waals surface area contributed by atoms with E-state index in [1.54, 1.807) is 0 Å². The van der Waals surface area contributed by atoms with Crippen molar-refractivity contribution in [3.63, 3.8) is 0 Å². The summed E-state index contributed by atoms with van der Waals surface area (Å²) in [5, 5.41) is 4.05. The lowest BCUT2D eigenvalue weighted by atomic mass is 9.82. The summed E-state index contributed by atoms with van der Waals surface area (Å²) < 4.78 is 5.76. The zero-order chi connectivity index (χ0) is 16.0. The lowest BCUT2D eigenvalue weighted by Gasteiger charge is -2.23. The van der Waals surface area contributed by atoms with E-state index in [0.29, 0.717) is 6.61 Å². The minimum absolute atomic E-state index is 0.217. The number of hydrogen-bond acceptors (Lipinski definition) is 2. The molecule has 2 nitrogen and oxygen atoms in total. The van der Waals surface area contributed by atoms with Crippen LogP contribution in [0.15, 0.2) is 48.5 Å². The first-order valence-electron chi connectivity index (χ1n) is 7.74. The van der Waals surface area contributed by atoms with Crippen molar-refractivity contribution in [2.75, 3.05) is 18.5 Å². The van der Waals surface area contributed by atoms with E-state index >= 15 is 0 Å². The van der Waals surface area contributed by atoms with E-state index in [9.17, 15) is 0 Å². The molecule has 0 bridgehead atoms. The maximum atomic E-state index is 5.86. The second-order valence-electron chi connectivity index (χ2n) is 6.04. The van der Waals surface area contributed by atoms with E-state index in [2.05, 4.69) is 50.4 Å². The first kappa shape index (κ1) is 16.7. The van der Waals surface area contributed by atoms with Crippen LogP contribution in [0, 0.1) is 0 Å². The summed E-state index contributed by atoms with van der Waals surface area (Å²) in [5.41, 5.74) is 2.61. The topological polar surface area (TPSA) is 21.3 Å². The second-order valence-corrected chi connectivity index (χ2v) is 6.48. The highest BCUT2D eigenvalue weighted by Gasteiger charge is 2.17. The summed E-state index contributed by atoms with van der Waals surface area (Å²) in [6, 6.07) is 16.1. The SMILES string of the molecule is CCC(C)(C)c1ccc(OCCNc2ccc(Cl)cc2)cc1. The van der Waals surface area contributed by atoms with E-state index in [0.717, 1.165) is 29.4 Å². The molecule has 1 N–H and O–H groups in total. The molecule has 0 aromatic heterocycles. The molecule has 0 fully saturated rings. The van der Waals surface area contributed by atoms with Gasteiger partial charge in [-0.2, -0.15) is 0 Å². The molecular formula is C19H24ClNO. The Labute approximate surface area is 138 Å². The highest BCUT2D eigenvalue weighted by atomic mass is 35.5. The van der Waals surface area contributed by atoms with Crippen LogP contribution < -0.4 is 10.1 Å². The lowest BCUT2D eigenvalue weighted by molar-refractivity contribution is 0.332. The van der Waals surface area contributed by atoms with Crippen LogP contribution in [0.4, 0.5) is 5.69 Å². The molecule has 2 rings (SSSR count). The van der Waals surface area contributed by atoms with Crippen molar-refractivity contribution < 1.29 is 4.74 Å². The Morgan fingerprint density at radius 1 is 1.00 bits per heavy atom. The first-order valence-corrected chi connectivity index (χ1v) is 8.12. The molecule has 22 heavy (non-hydrogen) atoms. The highest BCUT2D eigenvalue weighted by molar-refractivity contribution is 6.30. The molecule has 0 saturated carbocycles. The largest absolute Gasteiger partial charge is 0.492 e. The van der Waals surface area contributed by atoms with Crippen LogP contribution in [0.5, 0.6) is 5.75 Å². The second kappa shape index (κ2) is 7.55. The van der Waals surface area contributed by atoms with Crippen LogP contribution >= 0.6 is 11.6 Å². The van der Waals surface area contributed by atoms with Gasteiger partial charge < -0.3 is 10.1 Å². The molecule has 2 aromatic rings. The van der Waals surface area contributed by atoms with E-state index in [4.69, 9.17) is 16.3 Å². The van der Waals surface area contributed by atoms with E-state index in [1.165, 1.54) is 5.56 Å². The third-order valence-corrected chi connectivity index (χ3v) is 4.32. The Morgan fingerprint density at radius 3 is 2.23 bits per heavy atom. The van der Waals surface area contributed by atoms with Crippen LogP contribution in [-0.4, -0.2) is 13.2 Å². The zero-order valence-corrected chi connectivity index (χ0v) is 14.3. The predicted octanol–water partition coefficient (Wildman–Crippen LogP) is 5.52. The normalized spacial score (nSPS) is 11.3. The molecule has 3 heteroatoms. The van der Waals surface area contributed by atoms with Crippen LogP contribution in [0.1, 0.15) is 32.8 Å². The van der Waals surface area contributed by atoms with Gasteiger partial charge in [-0.3, -0.25) is 0 Å². The standard InChI is InChI=1S/C19H24ClNO/c1-4-19(2,3)15-5-11-18(12-6-15)22-14-13-21-17-9-7-16(20)8-10-17/h5-12,21H,4,13-14H2,1-3H3. The molecule has 0 saturated heterocycles. The lowest BCUT2D eigenvalue weighted by Crippen LogP contribution is -2.15. The van der Waals surface area contributed by atoms with Crippen molar-refractivity contribution >= 4 is 17.3 Å². The fourth-order valence-electron chi connectivity index (χ4n) is 2.14. The Bertz CT molecular complexity index is 575. The maximum Gasteiger partial charge on any atom is 0.119 e. The van der Waals surface area contributed by atoms with Crippen LogP contribution in [-0.2, 0) is 5.41 Å². The molecule has 0 spiro atoms. The van der Waals surface area contributed by atoms with Crippen molar-refractivity contribution in [2.45, 2.75) is 32.6 Å². The van der Waals surface area contributed by atoms with Crippen molar-refractivity contribution in [2.24, 2.45) is 0 Å². The predicted molar refractivity (Wildman–Crippen MR) is 95.2 cm³/mol. The summed E-state index contributed by atoms with van der Waals surface area (Å²) in [4.78, 5) is 0. The average Bonchev–Trinajstić information content (AvgIpc) is 2.54. The van der Waals surface area contributed by atoms with Crippen LogP contribution in [0.25, 0.3) is 0 Å². The third kappa shape index (κ3) is 4.67. The monoisotopic (exact) mass is 317 g/mol. The number of hydrogen-bond donors (Lipinski definition) is 1. The van der Waals surface area contributed by atoms with E-state index in [-0.39, 0.29) is 5.41 Å². The van der Waals surface area contributed by atoms with Gasteiger partial charge >= 0.3 is 0 Å². The summed E-state index contributed by atoms with van der Waals surface area (Å²) in [6.45, 7) is 8.12. The van der Waals surface area contributed by atoms with Crippen LogP contribution in [0.2, 0.25) is 5.02 Å². The summed E-state index contributed by atoms with van der Waals surface area (Å²) in [5.74, 6) is 0.911. The average molecular weight is 318 g/mol. The van der Waals surface area contributed by atoms with E-state index < -0.39 is 0 Å². The van der Waals surface area contributed by atoms with Gasteiger partial charge in [-0.25, -0.2) is 0 Å². The maximum absolute atomic E-state index is 5.86. The van der Waals surface area contributed by atoms with E-state index in [1.807, 2.05) is 24.3 Å². The number of halogens is 1. The molecule has 0 amide bonds. The van der Waals surface area contributed by atoms with Gasteiger partial charge in [0.15, 0.2) is 0 Å². The Balaban J connectivity index is 1.78. The Kier molecular flexibility index (Phi) is 5.73. The molecule has 0 heterocycles. The quantitative estimate of drug-likeness (QED) is 0.679. The molecule has 0 aliphatic rings. The van der Waals surface area contributed by atoms with Gasteiger partial charge in [0, 0.05) is 17.3 Å². The zero-order valence-electron chi connectivity index (χ0n) is 13.5. The molecule has 0 radical (unpaired) electrons. The molecule has 0 atom stereocenters. The van der Waals surface area contributed by atoms with Gasteiger partial charge in [-0.05, 0) is 53.8 Å². The van der Waals surface area contributed by atoms with Crippen molar-refractivity contribution in [3.8, 4) is 5.75 Å². The van der Waals surface area contributed by atoms with Gasteiger partial charge in [0.05, 0.1) is 0 Å². The van der Waals surface area contributed by atoms with Crippen molar-refractivity contribution in [1.29, 1.82) is 0 Å². The fourth-order valence-corrected chi connectivity index (χ4v) is 2.26. The third-order valence-electron chi connectivity index (χ3n) is 4.06. The van der Waals surface area contributed by atoms with Gasteiger partial charge in [-0.15, -0.1) is 0 Å². The smallest absolute Gasteiger partial charge is 0.119 e. The minimum atomic E-state index is 0.217. The first-order chi connectivity index (χ1) is 10.5. The Hall–Kier alpha value is -1.67. The molecule has 0 aliphatic carbocycles. The van der Waals surface area contributed by atoms with Gasteiger partial charge in [0.2, 0.25) is 0 Å². The van der Waals surface area contributed by atoms with Crippen LogP contribution in [0.3, 0.4) is 0 Å². The molecule has 2 aromatic carbocycles.